The van der Waals surface area contributed by atoms with Crippen LogP contribution in [0.3, 0.4) is 0 Å². The number of phenols is 2. The smallest absolute Gasteiger partial charge is 0.186 e. The van der Waals surface area contributed by atoms with Crippen molar-refractivity contribution >= 4 is 0 Å². The number of benzene rings is 2. The van der Waals surface area contributed by atoms with Crippen molar-refractivity contribution in [1.82, 2.24) is 0 Å². The fourth-order valence-corrected chi connectivity index (χ4v) is 4.45. The van der Waals surface area contributed by atoms with Crippen LogP contribution in [-0.4, -0.2) is 99.5 Å². The van der Waals surface area contributed by atoms with E-state index in [1.165, 1.54) is 26.4 Å². The number of ether oxygens (including phenoxy) is 4. The minimum absolute atomic E-state index is 0.00616. The molecule has 2 aromatic carbocycles. The minimum Gasteiger partial charge on any atom is -0.504 e. The molecule has 7 N–H and O–H groups in total. The highest BCUT2D eigenvalue weighted by atomic mass is 16.7. The van der Waals surface area contributed by atoms with E-state index in [1.54, 1.807) is 24.3 Å². The molecular formula is C27H38O11. The van der Waals surface area contributed by atoms with E-state index in [2.05, 4.69) is 0 Å². The lowest BCUT2D eigenvalue weighted by molar-refractivity contribution is -0.313. The van der Waals surface area contributed by atoms with Crippen molar-refractivity contribution in [2.24, 2.45) is 0 Å². The molecule has 0 radical (unpaired) electrons. The minimum atomic E-state index is -1.58. The monoisotopic (exact) mass is 538 g/mol. The summed E-state index contributed by atoms with van der Waals surface area (Å²) in [4.78, 5) is 0. The fraction of sp³-hybridized carbons (Fsp3) is 0.556. The predicted molar refractivity (Wildman–Crippen MR) is 135 cm³/mol. The summed E-state index contributed by atoms with van der Waals surface area (Å²) in [7, 11) is 2.91. The molecule has 1 aliphatic rings. The van der Waals surface area contributed by atoms with E-state index in [0.29, 0.717) is 37.2 Å². The zero-order valence-corrected chi connectivity index (χ0v) is 21.5. The van der Waals surface area contributed by atoms with E-state index in [1.807, 2.05) is 0 Å². The van der Waals surface area contributed by atoms with Gasteiger partial charge in [0.1, 0.15) is 24.4 Å². The molecule has 0 unspecified atom stereocenters. The first-order chi connectivity index (χ1) is 18.2. The second kappa shape index (κ2) is 13.9. The van der Waals surface area contributed by atoms with E-state index >= 15 is 0 Å². The van der Waals surface area contributed by atoms with Gasteiger partial charge < -0.3 is 54.7 Å². The third kappa shape index (κ3) is 7.70. The Labute approximate surface area is 221 Å². The largest absolute Gasteiger partial charge is 0.504 e. The highest BCUT2D eigenvalue weighted by Crippen LogP contribution is 2.30. The molecule has 212 valence electrons. The summed E-state index contributed by atoms with van der Waals surface area (Å²) in [5, 5.41) is 70.6. The Morgan fingerprint density at radius 2 is 1.37 bits per heavy atom. The van der Waals surface area contributed by atoms with Gasteiger partial charge in [0.2, 0.25) is 0 Å². The average molecular weight is 539 g/mol. The number of hydrogen-bond acceptors (Lipinski definition) is 11. The topological polar surface area (TPSA) is 179 Å². The molecule has 1 heterocycles. The number of aliphatic hydroxyl groups excluding tert-OH is 5. The van der Waals surface area contributed by atoms with Crippen molar-refractivity contribution in [2.45, 2.75) is 75.0 Å². The molecule has 1 saturated heterocycles. The van der Waals surface area contributed by atoms with Crippen molar-refractivity contribution < 1.29 is 54.7 Å². The molecule has 0 saturated carbocycles. The quantitative estimate of drug-likeness (QED) is 0.190. The second-order valence-corrected chi connectivity index (χ2v) is 9.43. The van der Waals surface area contributed by atoms with E-state index in [-0.39, 0.29) is 17.9 Å². The van der Waals surface area contributed by atoms with Gasteiger partial charge in [-0.1, -0.05) is 12.1 Å². The molecule has 0 aliphatic carbocycles. The number of aliphatic hydroxyl groups is 5. The zero-order valence-electron chi connectivity index (χ0n) is 21.5. The predicted octanol–water partition coefficient (Wildman–Crippen LogP) is 0.616. The average Bonchev–Trinajstić information content (AvgIpc) is 2.92. The van der Waals surface area contributed by atoms with Gasteiger partial charge >= 0.3 is 0 Å². The van der Waals surface area contributed by atoms with E-state index in [0.717, 1.165) is 11.1 Å². The van der Waals surface area contributed by atoms with Crippen LogP contribution in [0, 0.1) is 0 Å². The maximum atomic E-state index is 10.8. The molecule has 0 aromatic heterocycles. The lowest BCUT2D eigenvalue weighted by atomic mass is 9.97. The van der Waals surface area contributed by atoms with Gasteiger partial charge in [-0.25, -0.2) is 0 Å². The Bertz CT molecular complexity index is 1010. The molecule has 38 heavy (non-hydrogen) atoms. The number of phenolic OH excluding ortho intramolecular Hbond substituents is 2. The van der Waals surface area contributed by atoms with Crippen LogP contribution >= 0.6 is 0 Å². The highest BCUT2D eigenvalue weighted by Gasteiger charge is 2.44. The van der Waals surface area contributed by atoms with Crippen molar-refractivity contribution in [3.8, 4) is 23.0 Å². The van der Waals surface area contributed by atoms with Gasteiger partial charge in [-0.3, -0.25) is 0 Å². The summed E-state index contributed by atoms with van der Waals surface area (Å²) >= 11 is 0. The molecule has 3 rings (SSSR count). The Morgan fingerprint density at radius 1 is 0.816 bits per heavy atom. The molecule has 1 aliphatic heterocycles. The summed E-state index contributed by atoms with van der Waals surface area (Å²) in [5.41, 5.74) is 1.70. The van der Waals surface area contributed by atoms with Crippen molar-refractivity contribution in [3.63, 3.8) is 0 Å². The Morgan fingerprint density at radius 3 is 1.89 bits per heavy atom. The van der Waals surface area contributed by atoms with Gasteiger partial charge in [-0.15, -0.1) is 0 Å². The summed E-state index contributed by atoms with van der Waals surface area (Å²) in [5.74, 6) is 0.686. The summed E-state index contributed by atoms with van der Waals surface area (Å²) < 4.78 is 21.8. The molecule has 0 spiro atoms. The lowest BCUT2D eigenvalue weighted by Gasteiger charge is -2.41. The van der Waals surface area contributed by atoms with Gasteiger partial charge in [0.25, 0.3) is 0 Å². The van der Waals surface area contributed by atoms with Crippen LogP contribution in [0.5, 0.6) is 23.0 Å². The van der Waals surface area contributed by atoms with Crippen molar-refractivity contribution in [2.75, 3.05) is 20.8 Å². The van der Waals surface area contributed by atoms with Gasteiger partial charge in [-0.2, -0.15) is 0 Å². The first-order valence-electron chi connectivity index (χ1n) is 12.5. The fourth-order valence-electron chi connectivity index (χ4n) is 4.45. The summed E-state index contributed by atoms with van der Waals surface area (Å²) in [6.07, 6.45) is -6.66. The van der Waals surface area contributed by atoms with Gasteiger partial charge in [0, 0.05) is 0 Å². The molecule has 1 fully saturated rings. The van der Waals surface area contributed by atoms with Crippen LogP contribution in [0.4, 0.5) is 0 Å². The summed E-state index contributed by atoms with van der Waals surface area (Å²) in [6.45, 7) is -0.582. The maximum Gasteiger partial charge on any atom is 0.186 e. The third-order valence-corrected chi connectivity index (χ3v) is 6.72. The maximum absolute atomic E-state index is 10.8. The van der Waals surface area contributed by atoms with E-state index < -0.39 is 49.5 Å². The standard InChI is InChI=1S/C27H38O11/c1-35-21-11-15(5-9-19(21)30)3-7-17(29)13-18(8-4-16-6-10-20(31)22(12-16)36-2)37-27-26(34)25(33)24(32)23(14-28)38-27/h5-6,9-12,17-18,23-34H,3-4,7-8,13-14H2,1-2H3/t17-,18+,23-,24+,25-,26-,27+/m0/s1. The number of rotatable bonds is 13. The van der Waals surface area contributed by atoms with Crippen LogP contribution in [0.2, 0.25) is 0 Å². The molecule has 7 atom stereocenters. The Kier molecular flexibility index (Phi) is 11.0. The molecule has 0 bridgehead atoms. The van der Waals surface area contributed by atoms with Crippen molar-refractivity contribution in [1.29, 1.82) is 0 Å². The Hall–Kier alpha value is -2.64. The van der Waals surface area contributed by atoms with Crippen molar-refractivity contribution in [3.05, 3.63) is 47.5 Å². The second-order valence-electron chi connectivity index (χ2n) is 9.43. The SMILES string of the molecule is COc1cc(CC[C@H](O)C[C@@H](CCc2ccc(O)c(OC)c2)O[C@@H]2O[C@@H](CO)[C@@H](O)[C@H](O)[C@@H]2O)ccc1O. The first kappa shape index (κ1) is 29.9. The third-order valence-electron chi connectivity index (χ3n) is 6.72. The van der Waals surface area contributed by atoms with Crippen LogP contribution in [0.15, 0.2) is 36.4 Å². The molecule has 11 nitrogen and oxygen atoms in total. The van der Waals surface area contributed by atoms with E-state index in [9.17, 15) is 35.7 Å². The van der Waals surface area contributed by atoms with E-state index in [4.69, 9.17) is 18.9 Å². The van der Waals surface area contributed by atoms with Crippen LogP contribution in [-0.2, 0) is 22.3 Å². The normalized spacial score (nSPS) is 25.1. The number of methoxy groups -OCH3 is 2. The number of aryl methyl sites for hydroxylation is 2. The lowest BCUT2D eigenvalue weighted by Crippen LogP contribution is -2.59. The van der Waals surface area contributed by atoms with Crippen LogP contribution in [0.25, 0.3) is 0 Å². The Balaban J connectivity index is 1.69. The van der Waals surface area contributed by atoms with Gasteiger partial charge in [-0.05, 0) is 67.5 Å². The highest BCUT2D eigenvalue weighted by molar-refractivity contribution is 5.42. The first-order valence-corrected chi connectivity index (χ1v) is 12.5. The molecule has 2 aromatic rings. The van der Waals surface area contributed by atoms with Gasteiger partial charge in [0.05, 0.1) is 33.0 Å². The molecule has 0 amide bonds. The number of hydrogen-bond donors (Lipinski definition) is 7. The van der Waals surface area contributed by atoms with Crippen LogP contribution < -0.4 is 9.47 Å². The molecule has 11 heteroatoms. The zero-order chi connectivity index (χ0) is 27.8. The summed E-state index contributed by atoms with van der Waals surface area (Å²) in [6, 6.07) is 9.90. The van der Waals surface area contributed by atoms with Crippen LogP contribution in [0.1, 0.15) is 30.4 Å². The van der Waals surface area contributed by atoms with Gasteiger partial charge in [0.15, 0.2) is 29.3 Å². The molecular weight excluding hydrogens is 500 g/mol. The number of aromatic hydroxyl groups is 2.